The van der Waals surface area contributed by atoms with E-state index in [4.69, 9.17) is 11.6 Å². The van der Waals surface area contributed by atoms with Gasteiger partial charge < -0.3 is 10.3 Å². The average Bonchev–Trinajstić information content (AvgIpc) is 2.62. The number of aryl methyl sites for hydroxylation is 1. The van der Waals surface area contributed by atoms with Crippen LogP contribution in [-0.4, -0.2) is 15.9 Å². The molecule has 0 saturated carbocycles. The maximum Gasteiger partial charge on any atom is 0.254 e. The van der Waals surface area contributed by atoms with Gasteiger partial charge in [0.25, 0.3) is 5.91 Å². The van der Waals surface area contributed by atoms with E-state index in [0.29, 0.717) is 21.8 Å². The van der Waals surface area contributed by atoms with Crippen LogP contribution in [0.25, 0.3) is 11.3 Å². The zero-order valence-electron chi connectivity index (χ0n) is 13.8. The van der Waals surface area contributed by atoms with Gasteiger partial charge in [0.15, 0.2) is 0 Å². The number of aromatic amines is 1. The molecule has 26 heavy (non-hydrogen) atoms. The van der Waals surface area contributed by atoms with Crippen LogP contribution in [0.2, 0.25) is 5.02 Å². The van der Waals surface area contributed by atoms with Crippen molar-refractivity contribution in [2.24, 2.45) is 0 Å². The van der Waals surface area contributed by atoms with Crippen LogP contribution >= 0.6 is 11.6 Å². The number of nitrogens with one attached hydrogen (secondary N) is 2. The topological polar surface area (TPSA) is 74.8 Å². The minimum absolute atomic E-state index is 0.130. The van der Waals surface area contributed by atoms with Crippen LogP contribution in [0.1, 0.15) is 21.6 Å². The van der Waals surface area contributed by atoms with Crippen molar-refractivity contribution in [3.63, 3.8) is 0 Å². The minimum Gasteiger partial charge on any atom is -0.348 e. The first-order valence-corrected chi connectivity index (χ1v) is 8.21. The molecule has 1 amide bonds. The van der Waals surface area contributed by atoms with Crippen molar-refractivity contribution in [3.05, 3.63) is 86.7 Å². The summed E-state index contributed by atoms with van der Waals surface area (Å²) >= 11 is 6.06. The standard InChI is InChI=1S/C19H15ClFN3O2/c1-11-17(14(20)8-9-22-11)19(26)23-10-12-2-4-13(5-3-12)18-15(21)6-7-16(25)24-18/h2-9H,10H2,1H3,(H,23,26)(H,24,25). The maximum absolute atomic E-state index is 13.8. The number of rotatable bonds is 4. The lowest BCUT2D eigenvalue weighted by molar-refractivity contribution is 0.0950. The van der Waals surface area contributed by atoms with Crippen molar-refractivity contribution in [2.45, 2.75) is 13.5 Å². The van der Waals surface area contributed by atoms with E-state index in [-0.39, 0.29) is 23.7 Å². The number of H-pyrrole nitrogens is 1. The highest BCUT2D eigenvalue weighted by Gasteiger charge is 2.14. The second-order valence-corrected chi connectivity index (χ2v) is 6.09. The van der Waals surface area contributed by atoms with Gasteiger partial charge >= 0.3 is 0 Å². The van der Waals surface area contributed by atoms with Crippen molar-refractivity contribution in [1.29, 1.82) is 0 Å². The van der Waals surface area contributed by atoms with Crippen molar-refractivity contribution in [2.75, 3.05) is 0 Å². The molecule has 0 radical (unpaired) electrons. The van der Waals surface area contributed by atoms with Gasteiger partial charge in [-0.3, -0.25) is 14.6 Å². The summed E-state index contributed by atoms with van der Waals surface area (Å²) in [6.07, 6.45) is 1.54. The molecular formula is C19H15ClFN3O2. The molecule has 2 N–H and O–H groups in total. The van der Waals surface area contributed by atoms with E-state index < -0.39 is 5.82 Å². The lowest BCUT2D eigenvalue weighted by atomic mass is 10.1. The highest BCUT2D eigenvalue weighted by atomic mass is 35.5. The van der Waals surface area contributed by atoms with Crippen molar-refractivity contribution < 1.29 is 9.18 Å². The number of benzene rings is 1. The molecule has 0 aliphatic heterocycles. The molecule has 0 aliphatic carbocycles. The van der Waals surface area contributed by atoms with Crippen LogP contribution in [0.15, 0.2) is 53.5 Å². The molecule has 2 aromatic heterocycles. The van der Waals surface area contributed by atoms with Crippen LogP contribution in [0.5, 0.6) is 0 Å². The fourth-order valence-corrected chi connectivity index (χ4v) is 2.81. The first kappa shape index (κ1) is 17.8. The number of carbonyl (C=O) groups is 1. The molecule has 1 aromatic carbocycles. The Balaban J connectivity index is 1.73. The molecule has 0 unspecified atom stereocenters. The zero-order valence-corrected chi connectivity index (χ0v) is 14.6. The molecule has 0 aliphatic rings. The fraction of sp³-hybridized carbons (Fsp3) is 0.105. The Morgan fingerprint density at radius 3 is 2.62 bits per heavy atom. The number of carbonyl (C=O) groups excluding carboxylic acids is 1. The molecule has 0 saturated heterocycles. The van der Waals surface area contributed by atoms with Gasteiger partial charge in [0.05, 0.1) is 22.0 Å². The smallest absolute Gasteiger partial charge is 0.254 e. The number of halogens is 2. The first-order valence-electron chi connectivity index (χ1n) is 7.83. The van der Waals surface area contributed by atoms with Crippen LogP contribution in [0, 0.1) is 12.7 Å². The normalized spacial score (nSPS) is 10.6. The second kappa shape index (κ2) is 7.49. The third-order valence-electron chi connectivity index (χ3n) is 3.88. The summed E-state index contributed by atoms with van der Waals surface area (Å²) in [6, 6.07) is 10.7. The maximum atomic E-state index is 13.8. The van der Waals surface area contributed by atoms with Gasteiger partial charge in [0.1, 0.15) is 5.82 Å². The number of pyridine rings is 2. The molecular weight excluding hydrogens is 357 g/mol. The molecule has 0 atom stereocenters. The van der Waals surface area contributed by atoms with Crippen molar-refractivity contribution >= 4 is 17.5 Å². The number of hydrogen-bond donors (Lipinski definition) is 2. The summed E-state index contributed by atoms with van der Waals surface area (Å²) in [5.74, 6) is -0.824. The summed E-state index contributed by atoms with van der Waals surface area (Å²) < 4.78 is 13.8. The van der Waals surface area contributed by atoms with Crippen LogP contribution in [0.3, 0.4) is 0 Å². The highest BCUT2D eigenvalue weighted by molar-refractivity contribution is 6.33. The van der Waals surface area contributed by atoms with E-state index >= 15 is 0 Å². The monoisotopic (exact) mass is 371 g/mol. The fourth-order valence-electron chi connectivity index (χ4n) is 2.53. The Morgan fingerprint density at radius 2 is 1.92 bits per heavy atom. The van der Waals surface area contributed by atoms with Crippen LogP contribution in [0.4, 0.5) is 4.39 Å². The predicted octanol–water partition coefficient (Wildman–Crippen LogP) is 3.47. The molecule has 5 nitrogen and oxygen atoms in total. The van der Waals surface area contributed by atoms with Crippen molar-refractivity contribution in [3.8, 4) is 11.3 Å². The molecule has 0 fully saturated rings. The average molecular weight is 372 g/mol. The quantitative estimate of drug-likeness (QED) is 0.737. The molecule has 2 heterocycles. The van der Waals surface area contributed by atoms with Gasteiger partial charge in [-0.2, -0.15) is 0 Å². The van der Waals surface area contributed by atoms with E-state index in [1.54, 1.807) is 43.5 Å². The van der Waals surface area contributed by atoms with E-state index in [2.05, 4.69) is 15.3 Å². The Morgan fingerprint density at radius 1 is 1.19 bits per heavy atom. The van der Waals surface area contributed by atoms with E-state index in [1.165, 1.54) is 0 Å². The van der Waals surface area contributed by atoms with Crippen LogP contribution < -0.4 is 10.9 Å². The van der Waals surface area contributed by atoms with Gasteiger partial charge in [0, 0.05) is 24.4 Å². The summed E-state index contributed by atoms with van der Waals surface area (Å²) in [5, 5.41) is 3.12. The number of aromatic nitrogens is 2. The van der Waals surface area contributed by atoms with Gasteiger partial charge in [-0.15, -0.1) is 0 Å². The largest absolute Gasteiger partial charge is 0.348 e. The Hall–Kier alpha value is -2.99. The van der Waals surface area contributed by atoms with E-state index in [9.17, 15) is 14.0 Å². The minimum atomic E-state index is -0.507. The van der Waals surface area contributed by atoms with Crippen molar-refractivity contribution in [1.82, 2.24) is 15.3 Å². The van der Waals surface area contributed by atoms with Crippen LogP contribution in [-0.2, 0) is 6.54 Å². The Bertz CT molecular complexity index is 996. The third-order valence-corrected chi connectivity index (χ3v) is 4.20. The first-order chi connectivity index (χ1) is 12.5. The molecule has 0 bridgehead atoms. The van der Waals surface area contributed by atoms with E-state index in [0.717, 1.165) is 17.7 Å². The molecule has 7 heteroatoms. The summed E-state index contributed by atoms with van der Waals surface area (Å²) in [7, 11) is 0. The molecule has 132 valence electrons. The molecule has 3 rings (SSSR count). The van der Waals surface area contributed by atoms with Gasteiger partial charge in [-0.1, -0.05) is 35.9 Å². The SMILES string of the molecule is Cc1nccc(Cl)c1C(=O)NCc1ccc(-c2[nH]c(=O)ccc2F)cc1. The zero-order chi connectivity index (χ0) is 18.7. The molecule has 3 aromatic rings. The highest BCUT2D eigenvalue weighted by Crippen LogP contribution is 2.20. The lowest BCUT2D eigenvalue weighted by Gasteiger charge is -2.09. The summed E-state index contributed by atoms with van der Waals surface area (Å²) in [4.78, 5) is 30.2. The summed E-state index contributed by atoms with van der Waals surface area (Å²) in [5.41, 5.74) is 2.01. The Labute approximate surface area is 153 Å². The van der Waals surface area contributed by atoms with Gasteiger partial charge in [-0.25, -0.2) is 4.39 Å². The Kier molecular flexibility index (Phi) is 5.14. The molecule has 0 spiro atoms. The third kappa shape index (κ3) is 3.81. The van der Waals surface area contributed by atoms with E-state index in [1.807, 2.05) is 0 Å². The number of nitrogens with zero attached hydrogens (tertiary/aromatic N) is 1. The van der Waals surface area contributed by atoms with Gasteiger partial charge in [0.2, 0.25) is 5.56 Å². The second-order valence-electron chi connectivity index (χ2n) is 5.68. The van der Waals surface area contributed by atoms with Gasteiger partial charge in [-0.05, 0) is 24.6 Å². The predicted molar refractivity (Wildman–Crippen MR) is 97.6 cm³/mol. The number of amides is 1. The lowest BCUT2D eigenvalue weighted by Crippen LogP contribution is -2.24. The summed E-state index contributed by atoms with van der Waals surface area (Å²) in [6.45, 7) is 1.99. The number of hydrogen-bond acceptors (Lipinski definition) is 3.